The average Bonchev–Trinajstić information content (AvgIpc) is 2.49. The van der Waals surface area contributed by atoms with E-state index in [1.807, 2.05) is 0 Å². The van der Waals surface area contributed by atoms with Crippen molar-refractivity contribution < 1.29 is 9.18 Å². The van der Waals surface area contributed by atoms with E-state index in [0.29, 0.717) is 5.56 Å². The number of amides is 1. The Morgan fingerprint density at radius 2 is 1.83 bits per heavy atom. The van der Waals surface area contributed by atoms with Crippen molar-refractivity contribution in [1.82, 2.24) is 5.43 Å². The lowest BCUT2D eigenvalue weighted by molar-refractivity contribution is -0.146. The van der Waals surface area contributed by atoms with Gasteiger partial charge in [-0.25, -0.2) is 9.82 Å². The Bertz CT molecular complexity index is 638. The number of benzene rings is 1. The molecule has 4 fully saturated rings. The number of hydrazone groups is 1. The van der Waals surface area contributed by atoms with Crippen LogP contribution in [0.25, 0.3) is 0 Å². The molecule has 0 aromatic heterocycles. The summed E-state index contributed by atoms with van der Waals surface area (Å²) in [4.78, 5) is 12.7. The van der Waals surface area contributed by atoms with E-state index in [-0.39, 0.29) is 17.1 Å². The fourth-order valence-electron chi connectivity index (χ4n) is 5.28. The van der Waals surface area contributed by atoms with E-state index in [1.165, 1.54) is 31.5 Å². The molecule has 0 heterocycles. The Kier molecular flexibility index (Phi) is 3.79. The maximum absolute atomic E-state index is 13.7. The van der Waals surface area contributed by atoms with Crippen LogP contribution in [-0.2, 0) is 4.79 Å². The number of halogens is 2. The van der Waals surface area contributed by atoms with E-state index in [2.05, 4.69) is 26.5 Å². The number of hydrogen-bond donors (Lipinski definition) is 1. The van der Waals surface area contributed by atoms with Gasteiger partial charge in [-0.15, -0.1) is 0 Å². The third kappa shape index (κ3) is 2.84. The van der Waals surface area contributed by atoms with Crippen LogP contribution in [0.2, 0.25) is 0 Å². The Hall–Kier alpha value is -1.23. The second kappa shape index (κ2) is 5.69. The van der Waals surface area contributed by atoms with Crippen LogP contribution < -0.4 is 5.43 Å². The summed E-state index contributed by atoms with van der Waals surface area (Å²) >= 11 is 3.31. The summed E-state index contributed by atoms with van der Waals surface area (Å²) < 4.78 is 14.5. The molecule has 0 atom stereocenters. The third-order valence-electron chi connectivity index (χ3n) is 5.85. The molecule has 4 bridgehead atoms. The molecule has 0 aliphatic heterocycles. The van der Waals surface area contributed by atoms with Gasteiger partial charge in [0, 0.05) is 10.0 Å². The lowest BCUT2D eigenvalue weighted by Gasteiger charge is -2.55. The smallest absolute Gasteiger partial charge is 0.246 e. The van der Waals surface area contributed by atoms with Crippen molar-refractivity contribution in [2.45, 2.75) is 38.5 Å². The molecule has 4 aliphatic rings. The maximum Gasteiger partial charge on any atom is 0.246 e. The van der Waals surface area contributed by atoms with Gasteiger partial charge in [-0.3, -0.25) is 4.79 Å². The summed E-state index contributed by atoms with van der Waals surface area (Å²) in [7, 11) is 0. The van der Waals surface area contributed by atoms with Crippen LogP contribution in [0.4, 0.5) is 4.39 Å². The van der Waals surface area contributed by atoms with Crippen molar-refractivity contribution in [2.24, 2.45) is 28.3 Å². The third-order valence-corrected chi connectivity index (χ3v) is 6.34. The number of rotatable bonds is 3. The minimum Gasteiger partial charge on any atom is -0.273 e. The zero-order valence-electron chi connectivity index (χ0n) is 12.9. The SMILES string of the molecule is O=C(N/N=C/c1cc(Br)ccc1F)C12CC3CC(CC(C3)C1)C2. The van der Waals surface area contributed by atoms with Crippen LogP contribution in [0.1, 0.15) is 44.1 Å². The van der Waals surface area contributed by atoms with Gasteiger partial charge in [0.15, 0.2) is 0 Å². The Labute approximate surface area is 143 Å². The molecule has 3 nitrogen and oxygen atoms in total. The molecule has 0 spiro atoms. The van der Waals surface area contributed by atoms with Crippen LogP contribution in [0.15, 0.2) is 27.8 Å². The normalized spacial score (nSPS) is 35.0. The zero-order valence-corrected chi connectivity index (χ0v) is 14.5. The molecule has 5 rings (SSSR count). The highest BCUT2D eigenvalue weighted by molar-refractivity contribution is 9.10. The van der Waals surface area contributed by atoms with Crippen molar-refractivity contribution in [1.29, 1.82) is 0 Å². The fourth-order valence-corrected chi connectivity index (χ4v) is 5.66. The van der Waals surface area contributed by atoms with Gasteiger partial charge in [-0.1, -0.05) is 15.9 Å². The zero-order chi connectivity index (χ0) is 16.0. The predicted octanol–water partition coefficient (Wildman–Crippen LogP) is 4.25. The highest BCUT2D eigenvalue weighted by Crippen LogP contribution is 2.60. The van der Waals surface area contributed by atoms with Crippen LogP contribution in [-0.4, -0.2) is 12.1 Å². The summed E-state index contributed by atoms with van der Waals surface area (Å²) in [6, 6.07) is 4.67. The van der Waals surface area contributed by atoms with Crippen LogP contribution in [0.5, 0.6) is 0 Å². The molecule has 1 aromatic rings. The van der Waals surface area contributed by atoms with Gasteiger partial charge >= 0.3 is 0 Å². The molecule has 4 saturated carbocycles. The van der Waals surface area contributed by atoms with E-state index in [1.54, 1.807) is 12.1 Å². The average molecular weight is 379 g/mol. The minimum atomic E-state index is -0.346. The topological polar surface area (TPSA) is 41.5 Å². The Morgan fingerprint density at radius 3 is 2.43 bits per heavy atom. The molecule has 0 saturated heterocycles. The highest BCUT2D eigenvalue weighted by atomic mass is 79.9. The summed E-state index contributed by atoms with van der Waals surface area (Å²) in [6.07, 6.45) is 8.32. The predicted molar refractivity (Wildman–Crippen MR) is 90.4 cm³/mol. The molecule has 4 aliphatic carbocycles. The fraction of sp³-hybridized carbons (Fsp3) is 0.556. The highest BCUT2D eigenvalue weighted by Gasteiger charge is 2.54. The number of hydrogen-bond acceptors (Lipinski definition) is 2. The standard InChI is InChI=1S/C18H20BrFN2O/c19-15-1-2-16(20)14(6-15)10-21-22-17(23)18-7-11-3-12(8-18)5-13(4-11)9-18/h1-2,6,10-13H,3-5,7-9H2,(H,22,23)/b21-10+. The summed E-state index contributed by atoms with van der Waals surface area (Å²) in [5, 5.41) is 4.02. The van der Waals surface area contributed by atoms with Gasteiger partial charge in [-0.2, -0.15) is 5.10 Å². The second-order valence-electron chi connectivity index (χ2n) is 7.56. The number of nitrogens with zero attached hydrogens (tertiary/aromatic N) is 1. The van der Waals surface area contributed by atoms with Gasteiger partial charge in [0.05, 0.1) is 11.6 Å². The van der Waals surface area contributed by atoms with Crippen molar-refractivity contribution in [2.75, 3.05) is 0 Å². The molecular formula is C18H20BrFN2O. The first-order valence-corrected chi connectivity index (χ1v) is 9.12. The van der Waals surface area contributed by atoms with Gasteiger partial charge in [0.1, 0.15) is 5.82 Å². The van der Waals surface area contributed by atoms with Crippen molar-refractivity contribution in [3.05, 3.63) is 34.1 Å². The first-order valence-electron chi connectivity index (χ1n) is 8.33. The van der Waals surface area contributed by atoms with Gasteiger partial charge in [0.2, 0.25) is 5.91 Å². The van der Waals surface area contributed by atoms with Gasteiger partial charge < -0.3 is 0 Å². The lowest BCUT2D eigenvalue weighted by Crippen LogP contribution is -2.52. The summed E-state index contributed by atoms with van der Waals surface area (Å²) in [5.74, 6) is 1.85. The van der Waals surface area contributed by atoms with Gasteiger partial charge in [-0.05, 0) is 74.5 Å². The first kappa shape index (κ1) is 15.3. The van der Waals surface area contributed by atoms with Crippen LogP contribution in [0, 0.1) is 29.0 Å². The van der Waals surface area contributed by atoms with Crippen LogP contribution >= 0.6 is 15.9 Å². The van der Waals surface area contributed by atoms with Crippen molar-refractivity contribution in [3.63, 3.8) is 0 Å². The second-order valence-corrected chi connectivity index (χ2v) is 8.48. The van der Waals surface area contributed by atoms with E-state index in [9.17, 15) is 9.18 Å². The largest absolute Gasteiger partial charge is 0.273 e. The maximum atomic E-state index is 13.7. The number of carbonyl (C=O) groups excluding carboxylic acids is 1. The molecule has 5 heteroatoms. The van der Waals surface area contributed by atoms with Gasteiger partial charge in [0.25, 0.3) is 0 Å². The van der Waals surface area contributed by atoms with E-state index in [0.717, 1.165) is 41.5 Å². The molecule has 1 aromatic carbocycles. The summed E-state index contributed by atoms with van der Waals surface area (Å²) in [6.45, 7) is 0. The quantitative estimate of drug-likeness (QED) is 0.619. The van der Waals surface area contributed by atoms with Crippen LogP contribution in [0.3, 0.4) is 0 Å². The monoisotopic (exact) mass is 378 g/mol. The van der Waals surface area contributed by atoms with Crippen molar-refractivity contribution >= 4 is 28.1 Å². The molecule has 1 N–H and O–H groups in total. The minimum absolute atomic E-state index is 0.0308. The molecule has 0 unspecified atom stereocenters. The van der Waals surface area contributed by atoms with E-state index >= 15 is 0 Å². The van der Waals surface area contributed by atoms with E-state index in [4.69, 9.17) is 0 Å². The molecular weight excluding hydrogens is 359 g/mol. The number of carbonyl (C=O) groups is 1. The van der Waals surface area contributed by atoms with Crippen molar-refractivity contribution in [3.8, 4) is 0 Å². The Morgan fingerprint density at radius 1 is 1.22 bits per heavy atom. The summed E-state index contributed by atoms with van der Waals surface area (Å²) in [5.41, 5.74) is 2.83. The van der Waals surface area contributed by atoms with E-state index < -0.39 is 0 Å². The molecule has 23 heavy (non-hydrogen) atoms. The lowest BCUT2D eigenvalue weighted by atomic mass is 9.49. The first-order chi connectivity index (χ1) is 11.0. The molecule has 122 valence electrons. The molecule has 0 radical (unpaired) electrons. The number of nitrogens with one attached hydrogen (secondary N) is 1. The molecule has 1 amide bonds. The Balaban J connectivity index is 1.46.